The molecule has 2 rings (SSSR count). The zero-order valence-electron chi connectivity index (χ0n) is 11.7. The Kier molecular flexibility index (Phi) is 4.45. The minimum atomic E-state index is 0.383. The summed E-state index contributed by atoms with van der Waals surface area (Å²) in [4.78, 5) is 5.22. The summed E-state index contributed by atoms with van der Waals surface area (Å²) in [5.41, 5.74) is 6.01. The highest BCUT2D eigenvalue weighted by atomic mass is 15.2. The number of hydrogen-bond donors (Lipinski definition) is 1. The zero-order valence-corrected chi connectivity index (χ0v) is 11.7. The van der Waals surface area contributed by atoms with E-state index in [1.54, 1.807) is 0 Å². The predicted octanol–water partition coefficient (Wildman–Crippen LogP) is 1.53. The Labute approximate surface area is 106 Å². The first-order chi connectivity index (χ1) is 8.08. The highest BCUT2D eigenvalue weighted by molar-refractivity contribution is 4.87. The molecule has 3 unspecified atom stereocenters. The molecular formula is C14H29N3. The summed E-state index contributed by atoms with van der Waals surface area (Å²) >= 11 is 0. The molecule has 0 aromatic carbocycles. The molecule has 100 valence electrons. The van der Waals surface area contributed by atoms with Crippen LogP contribution in [0.2, 0.25) is 0 Å². The van der Waals surface area contributed by atoms with Crippen molar-refractivity contribution in [3.8, 4) is 0 Å². The van der Waals surface area contributed by atoms with Crippen molar-refractivity contribution in [1.82, 2.24) is 9.80 Å². The first kappa shape index (κ1) is 13.3. The van der Waals surface area contributed by atoms with E-state index in [4.69, 9.17) is 5.73 Å². The number of nitrogens with zero attached hydrogens (tertiary/aromatic N) is 2. The molecule has 2 saturated heterocycles. The summed E-state index contributed by atoms with van der Waals surface area (Å²) < 4.78 is 0. The van der Waals surface area contributed by atoms with E-state index in [0.29, 0.717) is 6.04 Å². The smallest absolute Gasteiger partial charge is 0.0122 e. The van der Waals surface area contributed by atoms with Crippen LogP contribution in [0.4, 0.5) is 0 Å². The van der Waals surface area contributed by atoms with Crippen LogP contribution < -0.4 is 5.73 Å². The lowest BCUT2D eigenvalue weighted by Gasteiger charge is -2.44. The van der Waals surface area contributed by atoms with Gasteiger partial charge in [-0.05, 0) is 72.1 Å². The summed E-state index contributed by atoms with van der Waals surface area (Å²) in [6, 6.07) is 1.96. The molecular weight excluding hydrogens is 210 g/mol. The summed E-state index contributed by atoms with van der Waals surface area (Å²) in [5.74, 6) is 0.759. The van der Waals surface area contributed by atoms with Gasteiger partial charge in [0.1, 0.15) is 0 Å². The molecule has 3 heteroatoms. The first-order valence-corrected chi connectivity index (χ1v) is 7.27. The maximum atomic E-state index is 6.01. The van der Waals surface area contributed by atoms with Crippen molar-refractivity contribution >= 4 is 0 Å². The van der Waals surface area contributed by atoms with Gasteiger partial charge in [0.25, 0.3) is 0 Å². The summed E-state index contributed by atoms with van der Waals surface area (Å²) in [5, 5.41) is 0. The molecule has 2 aliphatic heterocycles. The minimum absolute atomic E-state index is 0.383. The molecule has 0 bridgehead atoms. The van der Waals surface area contributed by atoms with Gasteiger partial charge in [0.2, 0.25) is 0 Å². The number of likely N-dealkylation sites (tertiary alicyclic amines) is 2. The average molecular weight is 239 g/mol. The highest BCUT2D eigenvalue weighted by Crippen LogP contribution is 2.26. The molecule has 0 radical (unpaired) electrons. The minimum Gasteiger partial charge on any atom is -0.328 e. The van der Waals surface area contributed by atoms with Crippen LogP contribution in [0.1, 0.15) is 39.5 Å². The Balaban J connectivity index is 1.81. The highest BCUT2D eigenvalue weighted by Gasteiger charge is 2.30. The molecule has 0 aromatic heterocycles. The van der Waals surface area contributed by atoms with Crippen molar-refractivity contribution < 1.29 is 0 Å². The Bertz CT molecular complexity index is 234. The van der Waals surface area contributed by atoms with Crippen LogP contribution in [0, 0.1) is 5.92 Å². The Morgan fingerprint density at radius 2 is 1.76 bits per heavy atom. The number of nitrogens with two attached hydrogens (primary N) is 1. The number of hydrogen-bond acceptors (Lipinski definition) is 3. The van der Waals surface area contributed by atoms with Crippen LogP contribution >= 0.6 is 0 Å². The van der Waals surface area contributed by atoms with Gasteiger partial charge in [-0.2, -0.15) is 0 Å². The van der Waals surface area contributed by atoms with Crippen LogP contribution in [-0.4, -0.2) is 54.6 Å². The molecule has 0 saturated carbocycles. The van der Waals surface area contributed by atoms with Crippen LogP contribution in [0.5, 0.6) is 0 Å². The molecule has 17 heavy (non-hydrogen) atoms. The number of piperidine rings is 2. The molecule has 0 aliphatic carbocycles. The van der Waals surface area contributed by atoms with E-state index in [2.05, 4.69) is 30.7 Å². The topological polar surface area (TPSA) is 32.5 Å². The van der Waals surface area contributed by atoms with Crippen LogP contribution in [0.3, 0.4) is 0 Å². The lowest BCUT2D eigenvalue weighted by atomic mass is 9.88. The summed E-state index contributed by atoms with van der Waals surface area (Å²) in [6.07, 6.45) is 5.31. The van der Waals surface area contributed by atoms with Crippen molar-refractivity contribution in [3.05, 3.63) is 0 Å². The van der Waals surface area contributed by atoms with Crippen LogP contribution in [0.25, 0.3) is 0 Å². The fraction of sp³-hybridized carbons (Fsp3) is 1.00. The first-order valence-electron chi connectivity index (χ1n) is 7.27. The van der Waals surface area contributed by atoms with E-state index in [1.165, 1.54) is 45.3 Å². The van der Waals surface area contributed by atoms with Crippen molar-refractivity contribution in [2.24, 2.45) is 11.7 Å². The van der Waals surface area contributed by atoms with Crippen LogP contribution in [0.15, 0.2) is 0 Å². The predicted molar refractivity (Wildman–Crippen MR) is 73.1 cm³/mol. The van der Waals surface area contributed by atoms with Gasteiger partial charge in [-0.3, -0.25) is 0 Å². The van der Waals surface area contributed by atoms with Gasteiger partial charge in [0.15, 0.2) is 0 Å². The zero-order chi connectivity index (χ0) is 12.4. The van der Waals surface area contributed by atoms with Gasteiger partial charge >= 0.3 is 0 Å². The second-order valence-corrected chi connectivity index (χ2v) is 6.24. The van der Waals surface area contributed by atoms with Gasteiger partial charge in [0, 0.05) is 18.1 Å². The Hall–Kier alpha value is -0.120. The van der Waals surface area contributed by atoms with E-state index in [0.717, 1.165) is 18.0 Å². The molecule has 0 spiro atoms. The van der Waals surface area contributed by atoms with E-state index >= 15 is 0 Å². The fourth-order valence-corrected chi connectivity index (χ4v) is 3.41. The molecule has 2 N–H and O–H groups in total. The average Bonchev–Trinajstić information content (AvgIpc) is 2.33. The largest absolute Gasteiger partial charge is 0.328 e. The Morgan fingerprint density at radius 1 is 1.12 bits per heavy atom. The number of rotatable bonds is 2. The van der Waals surface area contributed by atoms with Gasteiger partial charge in [-0.1, -0.05) is 0 Å². The van der Waals surface area contributed by atoms with Gasteiger partial charge in [0.05, 0.1) is 0 Å². The lowest BCUT2D eigenvalue weighted by Crippen LogP contribution is -2.50. The van der Waals surface area contributed by atoms with Crippen molar-refractivity contribution in [3.63, 3.8) is 0 Å². The summed E-state index contributed by atoms with van der Waals surface area (Å²) in [7, 11) is 2.25. The monoisotopic (exact) mass is 239 g/mol. The standard InChI is InChI=1S/C14H29N3/c1-11-10-14(6-7-16(11)3)17-8-4-13(5-9-17)12(2)15/h11-14H,4-10,15H2,1-3H3. The maximum absolute atomic E-state index is 6.01. The van der Waals surface area contributed by atoms with E-state index < -0.39 is 0 Å². The molecule has 0 aromatic rings. The van der Waals surface area contributed by atoms with Crippen LogP contribution in [-0.2, 0) is 0 Å². The third kappa shape index (κ3) is 3.21. The lowest BCUT2D eigenvalue weighted by molar-refractivity contribution is 0.0597. The van der Waals surface area contributed by atoms with E-state index in [1.807, 2.05) is 0 Å². The molecule has 3 atom stereocenters. The van der Waals surface area contributed by atoms with Gasteiger partial charge in [-0.15, -0.1) is 0 Å². The molecule has 3 nitrogen and oxygen atoms in total. The summed E-state index contributed by atoms with van der Waals surface area (Å²) in [6.45, 7) is 8.33. The SMILES string of the molecule is CC(N)C1CCN(C2CCN(C)C(C)C2)CC1. The van der Waals surface area contributed by atoms with E-state index in [-0.39, 0.29) is 0 Å². The van der Waals surface area contributed by atoms with Crippen molar-refractivity contribution in [2.45, 2.75) is 57.7 Å². The quantitative estimate of drug-likeness (QED) is 0.793. The normalized spacial score (nSPS) is 36.0. The molecule has 2 heterocycles. The fourth-order valence-electron chi connectivity index (χ4n) is 3.41. The van der Waals surface area contributed by atoms with Gasteiger partial charge < -0.3 is 15.5 Å². The van der Waals surface area contributed by atoms with Crippen molar-refractivity contribution in [1.29, 1.82) is 0 Å². The van der Waals surface area contributed by atoms with Crippen molar-refractivity contribution in [2.75, 3.05) is 26.7 Å². The maximum Gasteiger partial charge on any atom is 0.0122 e. The third-order valence-electron chi connectivity index (χ3n) is 5.01. The molecule has 0 amide bonds. The second-order valence-electron chi connectivity index (χ2n) is 6.24. The van der Waals surface area contributed by atoms with E-state index in [9.17, 15) is 0 Å². The third-order valence-corrected chi connectivity index (χ3v) is 5.01. The van der Waals surface area contributed by atoms with Gasteiger partial charge in [-0.25, -0.2) is 0 Å². The molecule has 2 aliphatic rings. The second kappa shape index (κ2) is 5.68. The Morgan fingerprint density at radius 3 is 2.29 bits per heavy atom. The molecule has 2 fully saturated rings.